The Balaban J connectivity index is 3.96. The molecule has 0 unspecified atom stereocenters. The van der Waals surface area contributed by atoms with Crippen LogP contribution in [0.15, 0.2) is 0 Å². The van der Waals surface area contributed by atoms with Crippen LogP contribution in [0.4, 0.5) is 0 Å². The lowest BCUT2D eigenvalue weighted by Crippen LogP contribution is -2.10. The monoisotopic (exact) mass is 162 g/mol. The zero-order valence-electron chi connectivity index (χ0n) is 7.02. The summed E-state index contributed by atoms with van der Waals surface area (Å²) < 4.78 is 0. The number of hydrogen-bond donors (Lipinski definition) is 0. The van der Waals surface area contributed by atoms with Gasteiger partial charge in [0.1, 0.15) is 0 Å². The summed E-state index contributed by atoms with van der Waals surface area (Å²) >= 11 is 0. The molecule has 0 aliphatic rings. The van der Waals surface area contributed by atoms with Crippen molar-refractivity contribution in [2.24, 2.45) is 0 Å². The fourth-order valence-electron chi connectivity index (χ4n) is 0.613. The molecule has 0 saturated carbocycles. The van der Waals surface area contributed by atoms with E-state index in [1.165, 1.54) is 0 Å². The van der Waals surface area contributed by atoms with Gasteiger partial charge in [0.25, 0.3) is 5.78 Å². The molecule has 0 atom stereocenters. The first-order chi connectivity index (χ1) is 5.72. The Hall–Kier alpha value is -1.54. The maximum atomic E-state index is 10.9. The molecule has 0 fully saturated rings. The third kappa shape index (κ3) is 4.30. The molecule has 0 radical (unpaired) electrons. The molecule has 0 heterocycles. The van der Waals surface area contributed by atoms with Gasteiger partial charge in [0.05, 0.1) is 0 Å². The van der Waals surface area contributed by atoms with Gasteiger partial charge in [0.15, 0.2) is 0 Å². The van der Waals surface area contributed by atoms with Gasteiger partial charge in [-0.3, -0.25) is 9.59 Å². The van der Waals surface area contributed by atoms with E-state index in [1.807, 2.05) is 12.8 Å². The molecule has 0 N–H and O–H groups in total. The van der Waals surface area contributed by atoms with E-state index in [4.69, 9.17) is 6.42 Å². The Morgan fingerprint density at radius 3 is 2.58 bits per heavy atom. The zero-order chi connectivity index (χ0) is 9.40. The first kappa shape index (κ1) is 10.5. The van der Waals surface area contributed by atoms with Crippen molar-refractivity contribution in [1.29, 1.82) is 0 Å². The molecular weight excluding hydrogens is 152 g/mol. The Labute approximate surface area is 72.3 Å². The number of ketones is 2. The minimum absolute atomic E-state index is 0.272. The van der Waals surface area contributed by atoms with E-state index in [1.54, 1.807) is 0 Å². The second kappa shape index (κ2) is 6.19. The Morgan fingerprint density at radius 1 is 1.42 bits per heavy atom. The van der Waals surface area contributed by atoms with Crippen molar-refractivity contribution < 1.29 is 9.59 Å². The van der Waals surface area contributed by atoms with E-state index in [9.17, 15) is 9.59 Å². The number of hydrogen-bond acceptors (Lipinski definition) is 2. The van der Waals surface area contributed by atoms with E-state index in [0.29, 0.717) is 0 Å². The van der Waals surface area contributed by atoms with Crippen LogP contribution in [0, 0.1) is 24.2 Å². The average molecular weight is 162 g/mol. The normalized spacial score (nSPS) is 7.67. The molecule has 12 heavy (non-hydrogen) atoms. The number of unbranched alkanes of at least 4 members (excludes halogenated alkanes) is 1. The van der Waals surface area contributed by atoms with Gasteiger partial charge in [-0.2, -0.15) is 0 Å². The molecule has 0 rings (SSSR count). The summed E-state index contributed by atoms with van der Waals surface area (Å²) in [5.41, 5.74) is 0. The summed E-state index contributed by atoms with van der Waals surface area (Å²) in [6.45, 7) is 1.95. The first-order valence-corrected chi connectivity index (χ1v) is 3.76. The van der Waals surface area contributed by atoms with Crippen molar-refractivity contribution in [2.45, 2.75) is 26.2 Å². The summed E-state index contributed by atoms with van der Waals surface area (Å²) in [5, 5.41) is 0. The topological polar surface area (TPSA) is 34.1 Å². The average Bonchev–Trinajstić information content (AvgIpc) is 2.10. The third-order valence-electron chi connectivity index (χ3n) is 1.26. The molecule has 0 amide bonds. The minimum Gasteiger partial charge on any atom is -0.290 e. The largest absolute Gasteiger partial charge is 0.290 e. The van der Waals surface area contributed by atoms with Crippen molar-refractivity contribution in [3.05, 3.63) is 0 Å². The van der Waals surface area contributed by atoms with Gasteiger partial charge in [-0.1, -0.05) is 13.3 Å². The third-order valence-corrected chi connectivity index (χ3v) is 1.26. The van der Waals surface area contributed by atoms with Crippen LogP contribution >= 0.6 is 0 Å². The van der Waals surface area contributed by atoms with Crippen LogP contribution in [-0.2, 0) is 9.59 Å². The van der Waals surface area contributed by atoms with Gasteiger partial charge >= 0.3 is 0 Å². The summed E-state index contributed by atoms with van der Waals surface area (Å²) in [6.07, 6.45) is 6.68. The molecule has 2 heteroatoms. The standard InChI is InChI=1S/C10H10O2/c1-3-5-7-9(11)10(12)8-6-4-2/h1H,4,6,8H2,2H3. The van der Waals surface area contributed by atoms with Gasteiger partial charge in [-0.25, -0.2) is 0 Å². The minimum atomic E-state index is -0.679. The molecular formula is C10H10O2. The maximum Gasteiger partial charge on any atom is 0.272 e. The highest BCUT2D eigenvalue weighted by Crippen LogP contribution is 1.95. The molecule has 0 aliphatic carbocycles. The molecule has 0 aromatic carbocycles. The molecule has 0 aromatic rings. The molecule has 0 bridgehead atoms. The van der Waals surface area contributed by atoms with Crippen LogP contribution in [0.1, 0.15) is 26.2 Å². The SMILES string of the molecule is C#CC#CC(=O)C(=O)CCCC. The molecule has 0 spiro atoms. The summed E-state index contributed by atoms with van der Waals surface area (Å²) in [5.74, 6) is 5.03. The van der Waals surface area contributed by atoms with E-state index < -0.39 is 11.6 Å². The second-order valence-corrected chi connectivity index (χ2v) is 2.25. The van der Waals surface area contributed by atoms with E-state index >= 15 is 0 Å². The number of Topliss-reactive ketones (excluding diaryl/α,β-unsaturated/α-hetero) is 2. The maximum absolute atomic E-state index is 10.9. The van der Waals surface area contributed by atoms with Crippen molar-refractivity contribution in [2.75, 3.05) is 0 Å². The van der Waals surface area contributed by atoms with E-state index in [-0.39, 0.29) is 6.42 Å². The van der Waals surface area contributed by atoms with Crippen LogP contribution in [0.5, 0.6) is 0 Å². The van der Waals surface area contributed by atoms with Gasteiger partial charge in [-0.05, 0) is 24.2 Å². The zero-order valence-corrected chi connectivity index (χ0v) is 7.02. The van der Waals surface area contributed by atoms with E-state index in [0.717, 1.165) is 12.8 Å². The lowest BCUT2D eigenvalue weighted by atomic mass is 10.1. The number of carbonyl (C=O) groups excluding carboxylic acids is 2. The molecule has 0 aromatic heterocycles. The van der Waals surface area contributed by atoms with Gasteiger partial charge in [-0.15, -0.1) is 6.42 Å². The predicted octanol–water partition coefficient (Wildman–Crippen LogP) is 0.951. The summed E-state index contributed by atoms with van der Waals surface area (Å²) in [4.78, 5) is 21.7. The highest BCUT2D eigenvalue weighted by Gasteiger charge is 2.08. The lowest BCUT2D eigenvalue weighted by Gasteiger charge is -1.90. The fraction of sp³-hybridized carbons (Fsp3) is 0.400. The lowest BCUT2D eigenvalue weighted by molar-refractivity contribution is -0.133. The highest BCUT2D eigenvalue weighted by molar-refractivity contribution is 6.44. The number of terminal acetylenes is 1. The fourth-order valence-corrected chi connectivity index (χ4v) is 0.613. The van der Waals surface area contributed by atoms with Crippen LogP contribution in [0.3, 0.4) is 0 Å². The summed E-state index contributed by atoms with van der Waals surface area (Å²) in [7, 11) is 0. The van der Waals surface area contributed by atoms with Crippen molar-refractivity contribution in [1.82, 2.24) is 0 Å². The van der Waals surface area contributed by atoms with Crippen LogP contribution in [-0.4, -0.2) is 11.6 Å². The quantitative estimate of drug-likeness (QED) is 0.350. The van der Waals surface area contributed by atoms with Gasteiger partial charge in [0.2, 0.25) is 5.78 Å². The highest BCUT2D eigenvalue weighted by atomic mass is 16.2. The van der Waals surface area contributed by atoms with Crippen LogP contribution in [0.2, 0.25) is 0 Å². The number of rotatable bonds is 4. The second-order valence-electron chi connectivity index (χ2n) is 2.25. The molecule has 2 nitrogen and oxygen atoms in total. The first-order valence-electron chi connectivity index (χ1n) is 3.76. The van der Waals surface area contributed by atoms with Gasteiger partial charge < -0.3 is 0 Å². The van der Waals surface area contributed by atoms with Crippen LogP contribution in [0.25, 0.3) is 0 Å². The smallest absolute Gasteiger partial charge is 0.272 e. The van der Waals surface area contributed by atoms with Crippen LogP contribution < -0.4 is 0 Å². The van der Waals surface area contributed by atoms with Crippen molar-refractivity contribution >= 4 is 11.6 Å². The number of carbonyl (C=O) groups is 2. The van der Waals surface area contributed by atoms with E-state index in [2.05, 4.69) is 11.8 Å². The molecule has 0 saturated heterocycles. The van der Waals surface area contributed by atoms with Crippen molar-refractivity contribution in [3.8, 4) is 24.2 Å². The summed E-state index contributed by atoms with van der Waals surface area (Å²) in [6, 6.07) is 0. The molecule has 0 aliphatic heterocycles. The Morgan fingerprint density at radius 2 is 2.08 bits per heavy atom. The van der Waals surface area contributed by atoms with Crippen molar-refractivity contribution in [3.63, 3.8) is 0 Å². The Bertz CT molecular complexity index is 270. The predicted molar refractivity (Wildman–Crippen MR) is 46.1 cm³/mol. The molecule has 62 valence electrons. The van der Waals surface area contributed by atoms with Gasteiger partial charge in [0, 0.05) is 6.42 Å². The Kier molecular flexibility index (Phi) is 5.39.